The largest absolute Gasteiger partial charge is 0.481 e. The normalized spacial score (nSPS) is 14.0. The van der Waals surface area contributed by atoms with Crippen LogP contribution in [0.1, 0.15) is 34.6 Å². The first kappa shape index (κ1) is 17.2. The van der Waals surface area contributed by atoms with Crippen molar-refractivity contribution in [1.29, 1.82) is 0 Å². The van der Waals surface area contributed by atoms with Gasteiger partial charge in [-0.2, -0.15) is 5.10 Å². The van der Waals surface area contributed by atoms with Gasteiger partial charge in [-0.25, -0.2) is 0 Å². The zero-order valence-corrected chi connectivity index (χ0v) is 14.1. The van der Waals surface area contributed by atoms with E-state index in [2.05, 4.69) is 10.1 Å². The summed E-state index contributed by atoms with van der Waals surface area (Å²) in [6.07, 6.45) is 2.47. The molecule has 1 aliphatic heterocycles. The molecule has 1 aliphatic rings. The van der Waals surface area contributed by atoms with Gasteiger partial charge in [0.15, 0.2) is 0 Å². The van der Waals surface area contributed by atoms with Crippen molar-refractivity contribution in [1.82, 2.24) is 19.7 Å². The Labute approximate surface area is 148 Å². The zero-order valence-electron chi connectivity index (χ0n) is 13.4. The number of aromatic amines is 1. The van der Waals surface area contributed by atoms with Gasteiger partial charge in [0.1, 0.15) is 5.02 Å². The number of halogens is 1. The number of carbonyl (C=O) groups is 2. The lowest BCUT2D eigenvalue weighted by Gasteiger charge is -2.20. The minimum atomic E-state index is -0.866. The van der Waals surface area contributed by atoms with E-state index in [9.17, 15) is 14.4 Å². The summed E-state index contributed by atoms with van der Waals surface area (Å²) >= 11 is 5.80. The van der Waals surface area contributed by atoms with E-state index in [4.69, 9.17) is 16.7 Å². The van der Waals surface area contributed by atoms with Crippen molar-refractivity contribution in [2.45, 2.75) is 32.4 Å². The average Bonchev–Trinajstić information content (AvgIpc) is 2.85. The molecule has 9 heteroatoms. The fraction of sp³-hybridized carbons (Fsp3) is 0.375. The number of pyridine rings is 1. The number of hydrogen-bond acceptors (Lipinski definition) is 4. The molecule has 0 unspecified atom stereocenters. The van der Waals surface area contributed by atoms with Crippen LogP contribution < -0.4 is 5.56 Å². The Kier molecular flexibility index (Phi) is 4.89. The fourth-order valence-electron chi connectivity index (χ4n) is 2.81. The topological polar surface area (TPSA) is 108 Å². The number of carboxylic acids is 1. The van der Waals surface area contributed by atoms with Crippen molar-refractivity contribution >= 4 is 23.5 Å². The minimum Gasteiger partial charge on any atom is -0.481 e. The van der Waals surface area contributed by atoms with Crippen LogP contribution in [0.2, 0.25) is 5.02 Å². The molecular weight excluding hydrogens is 348 g/mol. The number of carbonyl (C=O) groups excluding carboxylic acids is 1. The number of aromatic nitrogens is 3. The van der Waals surface area contributed by atoms with Crippen LogP contribution >= 0.6 is 11.6 Å². The number of hydrogen-bond donors (Lipinski definition) is 2. The van der Waals surface area contributed by atoms with Gasteiger partial charge in [0.05, 0.1) is 29.9 Å². The highest BCUT2D eigenvalue weighted by molar-refractivity contribution is 6.30. The van der Waals surface area contributed by atoms with Gasteiger partial charge < -0.3 is 15.0 Å². The van der Waals surface area contributed by atoms with Gasteiger partial charge in [0, 0.05) is 25.7 Å². The molecule has 3 heterocycles. The first-order chi connectivity index (χ1) is 11.9. The molecule has 3 rings (SSSR count). The molecule has 2 aromatic heterocycles. The molecule has 0 spiro atoms. The number of nitrogens with zero attached hydrogens (tertiary/aromatic N) is 3. The SMILES string of the molecule is O=C(O)CCc1cc2n(n1)CCCN(C(=O)c1c[nH]c(=O)c(Cl)c1)C2. The second kappa shape index (κ2) is 7.10. The van der Waals surface area contributed by atoms with Crippen molar-refractivity contribution in [3.05, 3.63) is 50.7 Å². The highest BCUT2D eigenvalue weighted by Gasteiger charge is 2.22. The molecule has 8 nitrogen and oxygen atoms in total. The zero-order chi connectivity index (χ0) is 18.0. The van der Waals surface area contributed by atoms with Crippen molar-refractivity contribution < 1.29 is 14.7 Å². The third kappa shape index (κ3) is 3.90. The molecular formula is C16H17ClN4O4. The van der Waals surface area contributed by atoms with E-state index in [1.54, 1.807) is 4.90 Å². The molecule has 2 N–H and O–H groups in total. The Hall–Kier alpha value is -2.61. The second-order valence-electron chi connectivity index (χ2n) is 5.89. The number of carboxylic acid groups (broad SMARTS) is 1. The van der Waals surface area contributed by atoms with E-state index in [1.165, 1.54) is 12.3 Å². The maximum atomic E-state index is 12.7. The summed E-state index contributed by atoms with van der Waals surface area (Å²) in [6.45, 7) is 1.59. The van der Waals surface area contributed by atoms with Crippen LogP contribution in [0.15, 0.2) is 23.1 Å². The number of aliphatic carboxylic acids is 1. The Morgan fingerprint density at radius 3 is 2.84 bits per heavy atom. The van der Waals surface area contributed by atoms with Crippen LogP contribution in [0.25, 0.3) is 0 Å². The first-order valence-electron chi connectivity index (χ1n) is 7.89. The molecule has 0 bridgehead atoms. The van der Waals surface area contributed by atoms with Crippen LogP contribution in [-0.4, -0.2) is 43.2 Å². The summed E-state index contributed by atoms with van der Waals surface area (Å²) in [5.41, 5.74) is 1.46. The number of rotatable bonds is 4. The van der Waals surface area contributed by atoms with Crippen LogP contribution in [0.5, 0.6) is 0 Å². The number of nitrogens with one attached hydrogen (secondary N) is 1. The highest BCUT2D eigenvalue weighted by Crippen LogP contribution is 2.17. The molecule has 0 aromatic carbocycles. The number of H-pyrrole nitrogens is 1. The first-order valence-corrected chi connectivity index (χ1v) is 8.27. The smallest absolute Gasteiger partial charge is 0.303 e. The minimum absolute atomic E-state index is 0.0228. The van der Waals surface area contributed by atoms with Crippen molar-refractivity contribution in [3.63, 3.8) is 0 Å². The summed E-state index contributed by atoms with van der Waals surface area (Å²) in [4.78, 5) is 38.8. The Morgan fingerprint density at radius 2 is 2.12 bits per heavy atom. The van der Waals surface area contributed by atoms with Crippen LogP contribution in [-0.2, 0) is 24.3 Å². The molecule has 0 aliphatic carbocycles. The second-order valence-corrected chi connectivity index (χ2v) is 6.30. The molecule has 1 amide bonds. The summed E-state index contributed by atoms with van der Waals surface area (Å²) in [7, 11) is 0. The lowest BCUT2D eigenvalue weighted by molar-refractivity contribution is -0.136. The lowest BCUT2D eigenvalue weighted by atomic mass is 10.2. The average molecular weight is 365 g/mol. The van der Waals surface area contributed by atoms with Gasteiger partial charge in [-0.3, -0.25) is 19.1 Å². The van der Waals surface area contributed by atoms with E-state index in [-0.39, 0.29) is 17.4 Å². The van der Waals surface area contributed by atoms with Gasteiger partial charge >= 0.3 is 5.97 Å². The van der Waals surface area contributed by atoms with Crippen LogP contribution in [0, 0.1) is 0 Å². The Balaban J connectivity index is 1.78. The molecule has 0 atom stereocenters. The quantitative estimate of drug-likeness (QED) is 0.849. The maximum absolute atomic E-state index is 12.7. The van der Waals surface area contributed by atoms with Crippen molar-refractivity contribution in [2.24, 2.45) is 0 Å². The molecule has 0 saturated carbocycles. The molecule has 132 valence electrons. The van der Waals surface area contributed by atoms with E-state index in [0.29, 0.717) is 37.3 Å². The third-order valence-corrected chi connectivity index (χ3v) is 4.33. The Bertz CT molecular complexity index is 873. The predicted octanol–water partition coefficient (Wildman–Crippen LogP) is 1.29. The lowest BCUT2D eigenvalue weighted by Crippen LogP contribution is -2.31. The maximum Gasteiger partial charge on any atom is 0.303 e. The fourth-order valence-corrected chi connectivity index (χ4v) is 2.99. The molecule has 2 aromatic rings. The van der Waals surface area contributed by atoms with E-state index in [1.807, 2.05) is 10.7 Å². The standard InChI is InChI=1S/C16H17ClN4O4/c17-13-6-10(8-18-15(13)24)16(25)20-4-1-5-21-12(9-20)7-11(19-21)2-3-14(22)23/h6-8H,1-5,9H2,(H,18,24)(H,22,23). The van der Waals surface area contributed by atoms with Gasteiger partial charge in [-0.1, -0.05) is 11.6 Å². The summed E-state index contributed by atoms with van der Waals surface area (Å²) < 4.78 is 1.82. The highest BCUT2D eigenvalue weighted by atomic mass is 35.5. The van der Waals surface area contributed by atoms with Crippen LogP contribution in [0.4, 0.5) is 0 Å². The number of fused-ring (bicyclic) bond motifs is 1. The van der Waals surface area contributed by atoms with Gasteiger partial charge in [-0.15, -0.1) is 0 Å². The van der Waals surface area contributed by atoms with E-state index >= 15 is 0 Å². The Morgan fingerprint density at radius 1 is 1.32 bits per heavy atom. The van der Waals surface area contributed by atoms with Crippen LogP contribution in [0.3, 0.4) is 0 Å². The van der Waals surface area contributed by atoms with Gasteiger partial charge in [-0.05, 0) is 18.6 Å². The van der Waals surface area contributed by atoms with E-state index in [0.717, 1.165) is 12.1 Å². The third-order valence-electron chi connectivity index (χ3n) is 4.05. The predicted molar refractivity (Wildman–Crippen MR) is 89.6 cm³/mol. The summed E-state index contributed by atoms with van der Waals surface area (Å²) in [5.74, 6) is -1.09. The van der Waals surface area contributed by atoms with Crippen molar-refractivity contribution in [3.8, 4) is 0 Å². The summed E-state index contributed by atoms with van der Waals surface area (Å²) in [6, 6.07) is 3.21. The monoisotopic (exact) mass is 364 g/mol. The van der Waals surface area contributed by atoms with Gasteiger partial charge in [0.25, 0.3) is 11.5 Å². The van der Waals surface area contributed by atoms with E-state index < -0.39 is 11.5 Å². The van der Waals surface area contributed by atoms with Gasteiger partial charge in [0.2, 0.25) is 0 Å². The molecule has 0 saturated heterocycles. The molecule has 0 fully saturated rings. The number of amides is 1. The summed E-state index contributed by atoms with van der Waals surface area (Å²) in [5, 5.41) is 13.2. The molecule has 25 heavy (non-hydrogen) atoms. The van der Waals surface area contributed by atoms with Crippen molar-refractivity contribution in [2.75, 3.05) is 6.54 Å². The molecule has 0 radical (unpaired) electrons. The number of aryl methyl sites for hydroxylation is 2.